The molecule has 1 aromatic heterocycles. The molecule has 2 aromatic rings. The number of amides is 2. The maximum absolute atomic E-state index is 12.5. The molecule has 0 radical (unpaired) electrons. The summed E-state index contributed by atoms with van der Waals surface area (Å²) in [4.78, 5) is 35.3. The average Bonchev–Trinajstić information content (AvgIpc) is 3.02. The molecule has 1 saturated heterocycles. The Labute approximate surface area is 176 Å². The van der Waals surface area contributed by atoms with E-state index in [9.17, 15) is 18.4 Å². The SMILES string of the molecule is CN(C)C(=O)CC1CN(Cc2cncc(-c3ccc(Cl)c(OC(F)F)c3)n2)C(=O)O1. The van der Waals surface area contributed by atoms with Crippen LogP contribution in [0.15, 0.2) is 30.6 Å². The molecular weight excluding hydrogens is 422 g/mol. The van der Waals surface area contributed by atoms with Crippen LogP contribution < -0.4 is 4.74 Å². The van der Waals surface area contributed by atoms with Crippen molar-refractivity contribution in [3.8, 4) is 17.0 Å². The lowest BCUT2D eigenvalue weighted by molar-refractivity contribution is -0.130. The quantitative estimate of drug-likeness (QED) is 0.657. The van der Waals surface area contributed by atoms with Crippen molar-refractivity contribution in [2.24, 2.45) is 0 Å². The fourth-order valence-corrected chi connectivity index (χ4v) is 3.02. The standard InChI is InChI=1S/C19H19ClF2N4O4/c1-25(2)17(27)6-13-10-26(19(28)29-13)9-12-7-23-8-15(24-12)11-3-4-14(20)16(5-11)30-18(21)22/h3-5,7-8,13,18H,6,9-10H2,1-2H3. The van der Waals surface area contributed by atoms with Crippen molar-refractivity contribution in [3.63, 3.8) is 0 Å². The summed E-state index contributed by atoms with van der Waals surface area (Å²) in [5.74, 6) is -0.311. The first-order chi connectivity index (χ1) is 14.2. The van der Waals surface area contributed by atoms with Crippen molar-refractivity contribution < 1.29 is 27.8 Å². The average molecular weight is 441 g/mol. The second-order valence-electron chi connectivity index (χ2n) is 6.80. The molecule has 8 nitrogen and oxygen atoms in total. The number of halogens is 3. The molecule has 11 heteroatoms. The molecule has 160 valence electrons. The van der Waals surface area contributed by atoms with Gasteiger partial charge in [-0.2, -0.15) is 8.78 Å². The van der Waals surface area contributed by atoms with Crippen LogP contribution in [0, 0.1) is 0 Å². The highest BCUT2D eigenvalue weighted by Gasteiger charge is 2.33. The Kier molecular flexibility index (Phi) is 6.66. The molecule has 0 spiro atoms. The van der Waals surface area contributed by atoms with Gasteiger partial charge in [0.25, 0.3) is 0 Å². The number of hydrogen-bond donors (Lipinski definition) is 0. The van der Waals surface area contributed by atoms with Gasteiger partial charge in [0.2, 0.25) is 5.91 Å². The van der Waals surface area contributed by atoms with E-state index in [0.29, 0.717) is 17.0 Å². The van der Waals surface area contributed by atoms with E-state index in [0.717, 1.165) is 0 Å². The summed E-state index contributed by atoms with van der Waals surface area (Å²) >= 11 is 5.88. The Hall–Kier alpha value is -3.01. The third-order valence-corrected chi connectivity index (χ3v) is 4.64. The molecule has 1 unspecified atom stereocenters. The molecule has 2 heterocycles. The van der Waals surface area contributed by atoms with Crippen molar-refractivity contribution in [2.45, 2.75) is 25.7 Å². The Morgan fingerprint density at radius 2 is 2.17 bits per heavy atom. The van der Waals surface area contributed by atoms with Crippen molar-refractivity contribution in [1.82, 2.24) is 19.8 Å². The van der Waals surface area contributed by atoms with Gasteiger partial charge in [-0.15, -0.1) is 0 Å². The first kappa shape index (κ1) is 21.7. The van der Waals surface area contributed by atoms with E-state index >= 15 is 0 Å². The highest BCUT2D eigenvalue weighted by atomic mass is 35.5. The molecular formula is C19H19ClF2N4O4. The zero-order chi connectivity index (χ0) is 21.8. The molecule has 1 aliphatic heterocycles. The summed E-state index contributed by atoms with van der Waals surface area (Å²) in [6, 6.07) is 4.36. The van der Waals surface area contributed by atoms with Crippen molar-refractivity contribution >= 4 is 23.6 Å². The largest absolute Gasteiger partial charge is 0.444 e. The van der Waals surface area contributed by atoms with Gasteiger partial charge in [-0.05, 0) is 12.1 Å². The van der Waals surface area contributed by atoms with E-state index in [-0.39, 0.29) is 36.2 Å². The van der Waals surface area contributed by atoms with E-state index in [1.807, 2.05) is 0 Å². The van der Waals surface area contributed by atoms with Crippen molar-refractivity contribution in [2.75, 3.05) is 20.6 Å². The third kappa shape index (κ3) is 5.32. The number of carbonyl (C=O) groups excluding carboxylic acids is 2. The van der Waals surface area contributed by atoms with Crippen LogP contribution in [0.5, 0.6) is 5.75 Å². The minimum absolute atomic E-state index is 0.0429. The molecule has 3 rings (SSSR count). The molecule has 1 atom stereocenters. The number of nitrogens with zero attached hydrogens (tertiary/aromatic N) is 4. The fraction of sp³-hybridized carbons (Fsp3) is 0.368. The Balaban J connectivity index is 1.72. The Bertz CT molecular complexity index is 945. The molecule has 1 fully saturated rings. The predicted octanol–water partition coefficient (Wildman–Crippen LogP) is 3.20. The number of benzene rings is 1. The summed E-state index contributed by atoms with van der Waals surface area (Å²) in [7, 11) is 3.26. The minimum Gasteiger partial charge on any atom is -0.444 e. The lowest BCUT2D eigenvalue weighted by atomic mass is 10.1. The maximum Gasteiger partial charge on any atom is 0.410 e. The normalized spacial score (nSPS) is 16.0. The lowest BCUT2D eigenvalue weighted by Crippen LogP contribution is -2.29. The summed E-state index contributed by atoms with van der Waals surface area (Å²) in [6.07, 6.45) is 1.96. The lowest BCUT2D eigenvalue weighted by Gasteiger charge is -2.14. The van der Waals surface area contributed by atoms with Gasteiger partial charge in [0, 0.05) is 19.7 Å². The van der Waals surface area contributed by atoms with Gasteiger partial charge in [-0.1, -0.05) is 17.7 Å². The zero-order valence-corrected chi connectivity index (χ0v) is 17.0. The van der Waals surface area contributed by atoms with Gasteiger partial charge in [0.15, 0.2) is 0 Å². The van der Waals surface area contributed by atoms with Gasteiger partial charge in [-0.3, -0.25) is 14.7 Å². The summed E-state index contributed by atoms with van der Waals surface area (Å²) < 4.78 is 34.7. The van der Waals surface area contributed by atoms with Crippen molar-refractivity contribution in [3.05, 3.63) is 41.3 Å². The molecule has 0 N–H and O–H groups in total. The van der Waals surface area contributed by atoms with Crippen LogP contribution in [0.25, 0.3) is 11.3 Å². The maximum atomic E-state index is 12.5. The highest BCUT2D eigenvalue weighted by molar-refractivity contribution is 6.32. The summed E-state index contributed by atoms with van der Waals surface area (Å²) in [5.41, 5.74) is 1.34. The van der Waals surface area contributed by atoms with E-state index in [2.05, 4.69) is 14.7 Å². The summed E-state index contributed by atoms with van der Waals surface area (Å²) in [5, 5.41) is 0.0429. The van der Waals surface area contributed by atoms with Gasteiger partial charge in [-0.25, -0.2) is 9.78 Å². The predicted molar refractivity (Wildman–Crippen MR) is 103 cm³/mol. The molecule has 30 heavy (non-hydrogen) atoms. The second-order valence-corrected chi connectivity index (χ2v) is 7.21. The van der Waals surface area contributed by atoms with Crippen molar-refractivity contribution in [1.29, 1.82) is 0 Å². The molecule has 0 saturated carbocycles. The van der Waals surface area contributed by atoms with Crippen LogP contribution in [0.3, 0.4) is 0 Å². The molecule has 1 aliphatic rings. The van der Waals surface area contributed by atoms with Gasteiger partial charge < -0.3 is 14.4 Å². The number of aromatic nitrogens is 2. The van der Waals surface area contributed by atoms with Crippen LogP contribution in [-0.4, -0.2) is 65.1 Å². The number of ether oxygens (including phenoxy) is 2. The van der Waals surface area contributed by atoms with Gasteiger partial charge in [0.05, 0.1) is 48.3 Å². The molecule has 0 aliphatic carbocycles. The van der Waals surface area contributed by atoms with Crippen LogP contribution in [0.2, 0.25) is 5.02 Å². The van der Waals surface area contributed by atoms with E-state index in [1.54, 1.807) is 20.2 Å². The van der Waals surface area contributed by atoms with E-state index in [4.69, 9.17) is 16.3 Å². The number of carbonyl (C=O) groups is 2. The third-order valence-electron chi connectivity index (χ3n) is 4.33. The molecule has 1 aromatic carbocycles. The minimum atomic E-state index is -3.01. The first-order valence-electron chi connectivity index (χ1n) is 8.94. The Morgan fingerprint density at radius 3 is 2.87 bits per heavy atom. The number of alkyl halides is 2. The zero-order valence-electron chi connectivity index (χ0n) is 16.2. The van der Waals surface area contributed by atoms with Crippen LogP contribution >= 0.6 is 11.6 Å². The van der Waals surface area contributed by atoms with Crippen LogP contribution in [0.1, 0.15) is 12.1 Å². The molecule has 0 bridgehead atoms. The number of hydrogen-bond acceptors (Lipinski definition) is 6. The van der Waals surface area contributed by atoms with E-state index in [1.165, 1.54) is 34.3 Å². The fourth-order valence-electron chi connectivity index (χ4n) is 2.85. The molecule has 2 amide bonds. The smallest absolute Gasteiger partial charge is 0.410 e. The van der Waals surface area contributed by atoms with Gasteiger partial charge >= 0.3 is 12.7 Å². The first-order valence-corrected chi connectivity index (χ1v) is 9.32. The Morgan fingerprint density at radius 1 is 1.40 bits per heavy atom. The summed E-state index contributed by atoms with van der Waals surface area (Å²) in [6.45, 7) is -2.64. The van der Waals surface area contributed by atoms with Crippen LogP contribution in [-0.2, 0) is 16.1 Å². The van der Waals surface area contributed by atoms with Gasteiger partial charge in [0.1, 0.15) is 11.9 Å². The second kappa shape index (κ2) is 9.21. The van der Waals surface area contributed by atoms with Crippen LogP contribution in [0.4, 0.5) is 13.6 Å². The topological polar surface area (TPSA) is 84.9 Å². The monoisotopic (exact) mass is 440 g/mol. The highest BCUT2D eigenvalue weighted by Crippen LogP contribution is 2.31. The number of rotatable bonds is 7. The number of cyclic esters (lactones) is 1. The van der Waals surface area contributed by atoms with E-state index < -0.39 is 18.8 Å².